The molecular formula is C15H20ClFN4O. The molecule has 1 N–H and O–H groups in total. The molecule has 0 saturated carbocycles. The van der Waals surface area contributed by atoms with Crippen molar-refractivity contribution < 1.29 is 8.91 Å². The summed E-state index contributed by atoms with van der Waals surface area (Å²) in [6, 6.07) is 4.84. The summed E-state index contributed by atoms with van der Waals surface area (Å²) in [6.07, 6.45) is 1.12. The molecule has 0 unspecified atom stereocenters. The molecular weight excluding hydrogens is 307 g/mol. The first kappa shape index (κ1) is 16.9. The second kappa shape index (κ2) is 7.67. The van der Waals surface area contributed by atoms with Crippen molar-refractivity contribution in [3.63, 3.8) is 0 Å². The Balaban J connectivity index is 0.00000176. The summed E-state index contributed by atoms with van der Waals surface area (Å²) in [4.78, 5) is 6.71. The van der Waals surface area contributed by atoms with Crippen LogP contribution in [0.1, 0.15) is 17.9 Å². The molecule has 0 amide bonds. The van der Waals surface area contributed by atoms with Crippen molar-refractivity contribution in [1.82, 2.24) is 20.4 Å². The minimum absolute atomic E-state index is 0. The molecule has 1 aromatic heterocycles. The molecule has 0 spiro atoms. The van der Waals surface area contributed by atoms with Crippen LogP contribution in [0.2, 0.25) is 0 Å². The van der Waals surface area contributed by atoms with Gasteiger partial charge in [-0.3, -0.25) is 4.90 Å². The Hall–Kier alpha value is -1.50. The molecule has 0 bridgehead atoms. The van der Waals surface area contributed by atoms with Crippen LogP contribution in [0, 0.1) is 12.7 Å². The lowest BCUT2D eigenvalue weighted by molar-refractivity contribution is 0.239. The zero-order valence-electron chi connectivity index (χ0n) is 12.5. The molecule has 1 aliphatic heterocycles. The summed E-state index contributed by atoms with van der Waals surface area (Å²) >= 11 is 0. The number of aryl methyl sites for hydroxylation is 1. The van der Waals surface area contributed by atoms with Crippen molar-refractivity contribution in [1.29, 1.82) is 0 Å². The SMILES string of the molecule is Cc1cc(-c2noc(CN3CCCNCC3)n2)ccc1F.Cl. The quantitative estimate of drug-likeness (QED) is 0.938. The number of aromatic nitrogens is 2. The predicted octanol–water partition coefficient (Wildman–Crippen LogP) is 2.40. The third-order valence-corrected chi connectivity index (χ3v) is 3.68. The lowest BCUT2D eigenvalue weighted by Crippen LogP contribution is -2.27. The van der Waals surface area contributed by atoms with Crippen LogP contribution in [0.5, 0.6) is 0 Å². The summed E-state index contributed by atoms with van der Waals surface area (Å²) in [5.41, 5.74) is 1.36. The van der Waals surface area contributed by atoms with E-state index < -0.39 is 0 Å². The van der Waals surface area contributed by atoms with E-state index in [-0.39, 0.29) is 18.2 Å². The van der Waals surface area contributed by atoms with Gasteiger partial charge in [0.15, 0.2) is 0 Å². The fourth-order valence-electron chi connectivity index (χ4n) is 2.47. The number of halogens is 2. The van der Waals surface area contributed by atoms with Crippen molar-refractivity contribution >= 4 is 12.4 Å². The van der Waals surface area contributed by atoms with Crippen molar-refractivity contribution in [3.05, 3.63) is 35.5 Å². The zero-order valence-corrected chi connectivity index (χ0v) is 13.3. The average Bonchev–Trinajstić information content (AvgIpc) is 2.78. The molecule has 5 nitrogen and oxygen atoms in total. The molecule has 2 heterocycles. The molecule has 1 fully saturated rings. The monoisotopic (exact) mass is 326 g/mol. The first-order valence-corrected chi connectivity index (χ1v) is 7.24. The van der Waals surface area contributed by atoms with Gasteiger partial charge in [0.1, 0.15) is 5.82 Å². The minimum Gasteiger partial charge on any atom is -0.338 e. The van der Waals surface area contributed by atoms with Crippen LogP contribution in [-0.4, -0.2) is 41.2 Å². The molecule has 3 rings (SSSR count). The zero-order chi connectivity index (χ0) is 14.7. The number of nitrogens with one attached hydrogen (secondary N) is 1. The molecule has 0 atom stereocenters. The molecule has 1 aliphatic rings. The Morgan fingerprint density at radius 1 is 1.32 bits per heavy atom. The summed E-state index contributed by atoms with van der Waals surface area (Å²) in [5, 5.41) is 7.36. The van der Waals surface area contributed by atoms with Gasteiger partial charge in [0.25, 0.3) is 0 Å². The molecule has 0 radical (unpaired) electrons. The van der Waals surface area contributed by atoms with E-state index in [1.807, 2.05) is 0 Å². The highest BCUT2D eigenvalue weighted by molar-refractivity contribution is 5.85. The predicted molar refractivity (Wildman–Crippen MR) is 84.4 cm³/mol. The fourth-order valence-corrected chi connectivity index (χ4v) is 2.47. The second-order valence-electron chi connectivity index (χ2n) is 5.36. The van der Waals surface area contributed by atoms with Gasteiger partial charge >= 0.3 is 0 Å². The largest absolute Gasteiger partial charge is 0.338 e. The third-order valence-electron chi connectivity index (χ3n) is 3.68. The lowest BCUT2D eigenvalue weighted by Gasteiger charge is -2.16. The van der Waals surface area contributed by atoms with Gasteiger partial charge in [-0.25, -0.2) is 4.39 Å². The van der Waals surface area contributed by atoms with Crippen LogP contribution in [0.15, 0.2) is 22.7 Å². The highest BCUT2D eigenvalue weighted by Gasteiger charge is 2.14. The van der Waals surface area contributed by atoms with Crippen molar-refractivity contribution in [3.8, 4) is 11.4 Å². The lowest BCUT2D eigenvalue weighted by atomic mass is 10.1. The second-order valence-corrected chi connectivity index (χ2v) is 5.36. The number of rotatable bonds is 3. The molecule has 120 valence electrons. The van der Waals surface area contributed by atoms with Gasteiger partial charge in [-0.2, -0.15) is 4.98 Å². The molecule has 7 heteroatoms. The standard InChI is InChI=1S/C15H19FN4O.ClH/c1-11-9-12(3-4-13(11)16)15-18-14(21-19-15)10-20-7-2-5-17-6-8-20;/h3-4,9,17H,2,5-8,10H2,1H3;1H. The molecule has 22 heavy (non-hydrogen) atoms. The van der Waals surface area contributed by atoms with E-state index >= 15 is 0 Å². The first-order chi connectivity index (χ1) is 10.2. The van der Waals surface area contributed by atoms with Gasteiger partial charge < -0.3 is 9.84 Å². The van der Waals surface area contributed by atoms with E-state index in [4.69, 9.17) is 4.52 Å². The number of hydrogen-bond acceptors (Lipinski definition) is 5. The summed E-state index contributed by atoms with van der Waals surface area (Å²) < 4.78 is 18.6. The van der Waals surface area contributed by atoms with E-state index in [2.05, 4.69) is 20.4 Å². The van der Waals surface area contributed by atoms with E-state index in [1.165, 1.54) is 6.07 Å². The van der Waals surface area contributed by atoms with Crippen LogP contribution in [0.25, 0.3) is 11.4 Å². The Morgan fingerprint density at radius 2 is 2.18 bits per heavy atom. The van der Waals surface area contributed by atoms with Gasteiger partial charge in [-0.15, -0.1) is 12.4 Å². The average molecular weight is 327 g/mol. The van der Waals surface area contributed by atoms with E-state index in [0.717, 1.165) is 38.2 Å². The van der Waals surface area contributed by atoms with E-state index in [0.29, 0.717) is 23.8 Å². The first-order valence-electron chi connectivity index (χ1n) is 7.24. The summed E-state index contributed by atoms with van der Waals surface area (Å²) in [7, 11) is 0. The Labute approximate surface area is 135 Å². The van der Waals surface area contributed by atoms with Gasteiger partial charge in [-0.05, 0) is 50.2 Å². The molecule has 2 aromatic rings. The highest BCUT2D eigenvalue weighted by Crippen LogP contribution is 2.19. The maximum absolute atomic E-state index is 13.3. The summed E-state index contributed by atoms with van der Waals surface area (Å²) in [5.74, 6) is 0.898. The van der Waals surface area contributed by atoms with Crippen LogP contribution in [-0.2, 0) is 6.54 Å². The summed E-state index contributed by atoms with van der Waals surface area (Å²) in [6.45, 7) is 6.44. The maximum Gasteiger partial charge on any atom is 0.241 e. The number of nitrogens with zero attached hydrogens (tertiary/aromatic N) is 3. The van der Waals surface area contributed by atoms with Crippen molar-refractivity contribution in [2.45, 2.75) is 19.9 Å². The minimum atomic E-state index is -0.223. The molecule has 1 aromatic carbocycles. The van der Waals surface area contributed by atoms with Gasteiger partial charge in [0.2, 0.25) is 11.7 Å². The van der Waals surface area contributed by atoms with E-state index in [9.17, 15) is 4.39 Å². The van der Waals surface area contributed by atoms with Gasteiger partial charge in [0.05, 0.1) is 6.54 Å². The normalized spacial score (nSPS) is 16.1. The number of hydrogen-bond donors (Lipinski definition) is 1. The third kappa shape index (κ3) is 4.03. The fraction of sp³-hybridized carbons (Fsp3) is 0.467. The van der Waals surface area contributed by atoms with Crippen LogP contribution >= 0.6 is 12.4 Å². The van der Waals surface area contributed by atoms with Gasteiger partial charge in [0, 0.05) is 18.7 Å². The Morgan fingerprint density at radius 3 is 3.00 bits per heavy atom. The van der Waals surface area contributed by atoms with Crippen LogP contribution in [0.3, 0.4) is 0 Å². The Kier molecular flexibility index (Phi) is 5.88. The van der Waals surface area contributed by atoms with Crippen LogP contribution in [0.4, 0.5) is 4.39 Å². The Bertz CT molecular complexity index is 611. The maximum atomic E-state index is 13.3. The molecule has 0 aliphatic carbocycles. The number of benzene rings is 1. The van der Waals surface area contributed by atoms with Crippen molar-refractivity contribution in [2.24, 2.45) is 0 Å². The van der Waals surface area contributed by atoms with Crippen molar-refractivity contribution in [2.75, 3.05) is 26.2 Å². The molecule has 1 saturated heterocycles. The topological polar surface area (TPSA) is 54.2 Å². The van der Waals surface area contributed by atoms with Gasteiger partial charge in [-0.1, -0.05) is 5.16 Å². The van der Waals surface area contributed by atoms with Crippen LogP contribution < -0.4 is 5.32 Å². The van der Waals surface area contributed by atoms with E-state index in [1.54, 1.807) is 19.1 Å². The highest BCUT2D eigenvalue weighted by atomic mass is 35.5. The smallest absolute Gasteiger partial charge is 0.241 e.